The molecule has 41 heavy (non-hydrogen) atoms. The van der Waals surface area contributed by atoms with Crippen molar-refractivity contribution in [1.82, 2.24) is 10.2 Å². The van der Waals surface area contributed by atoms with Crippen LogP contribution in [-0.2, 0) is 39.0 Å². The summed E-state index contributed by atoms with van der Waals surface area (Å²) in [6.45, 7) is 5.25. The van der Waals surface area contributed by atoms with Crippen molar-refractivity contribution in [3.63, 3.8) is 0 Å². The summed E-state index contributed by atoms with van der Waals surface area (Å²) < 4.78 is 26.9. The van der Waals surface area contributed by atoms with Gasteiger partial charge < -0.3 is 10.2 Å². The first-order valence-electron chi connectivity index (χ1n) is 13.6. The second kappa shape index (κ2) is 14.7. The fraction of sp³-hybridized carbons (Fsp3) is 0.355. The van der Waals surface area contributed by atoms with Crippen LogP contribution in [0.1, 0.15) is 43.9 Å². The second-order valence-electron chi connectivity index (χ2n) is 10.0. The predicted molar refractivity (Wildman–Crippen MR) is 167 cm³/mol. The lowest BCUT2D eigenvalue weighted by atomic mass is 10.0. The van der Waals surface area contributed by atoms with Gasteiger partial charge in [0, 0.05) is 34.6 Å². The van der Waals surface area contributed by atoms with Crippen LogP contribution in [0, 0.1) is 0 Å². The third kappa shape index (κ3) is 8.96. The molecule has 3 aromatic carbocycles. The maximum atomic E-state index is 14.2. The van der Waals surface area contributed by atoms with Crippen molar-refractivity contribution in [2.24, 2.45) is 0 Å². The molecular weight excluding hydrogens is 581 g/mol. The Balaban J connectivity index is 2.09. The Morgan fingerprint density at radius 2 is 1.49 bits per heavy atom. The lowest BCUT2D eigenvalue weighted by Crippen LogP contribution is -2.54. The van der Waals surface area contributed by atoms with Crippen molar-refractivity contribution in [2.45, 2.75) is 58.7 Å². The lowest BCUT2D eigenvalue weighted by Gasteiger charge is -2.34. The number of anilines is 1. The number of hydrogen-bond donors (Lipinski definition) is 1. The van der Waals surface area contributed by atoms with E-state index in [0.29, 0.717) is 27.7 Å². The molecule has 0 aliphatic heterocycles. The largest absolute Gasteiger partial charge is 0.352 e. The van der Waals surface area contributed by atoms with Gasteiger partial charge in [0.25, 0.3) is 0 Å². The summed E-state index contributed by atoms with van der Waals surface area (Å²) in [5.74, 6) is -0.913. The van der Waals surface area contributed by atoms with Gasteiger partial charge in [-0.3, -0.25) is 13.9 Å². The molecule has 0 fully saturated rings. The van der Waals surface area contributed by atoms with E-state index in [0.717, 1.165) is 28.1 Å². The average molecular weight is 619 g/mol. The van der Waals surface area contributed by atoms with Gasteiger partial charge >= 0.3 is 0 Å². The quantitative estimate of drug-likeness (QED) is 0.260. The van der Waals surface area contributed by atoms with Crippen LogP contribution in [-0.4, -0.2) is 50.0 Å². The van der Waals surface area contributed by atoms with Gasteiger partial charge in [0.1, 0.15) is 12.6 Å². The van der Waals surface area contributed by atoms with Crippen LogP contribution in [0.2, 0.25) is 10.0 Å². The summed E-state index contributed by atoms with van der Waals surface area (Å²) in [6.07, 6.45) is 2.75. The molecular formula is C31H37Cl2N3O4S. The highest BCUT2D eigenvalue weighted by atomic mass is 35.5. The summed E-state index contributed by atoms with van der Waals surface area (Å²) in [5, 5.41) is 3.68. The van der Waals surface area contributed by atoms with Crippen LogP contribution < -0.4 is 9.62 Å². The van der Waals surface area contributed by atoms with E-state index in [1.165, 1.54) is 4.90 Å². The molecule has 2 unspecified atom stereocenters. The Hall–Kier alpha value is -3.07. The lowest BCUT2D eigenvalue weighted by molar-refractivity contribution is -0.140. The van der Waals surface area contributed by atoms with Crippen molar-refractivity contribution < 1.29 is 18.0 Å². The molecule has 3 rings (SSSR count). The summed E-state index contributed by atoms with van der Waals surface area (Å²) in [5.41, 5.74) is 2.71. The predicted octanol–water partition coefficient (Wildman–Crippen LogP) is 5.88. The molecule has 3 aromatic rings. The fourth-order valence-corrected chi connectivity index (χ4v) is 5.73. The van der Waals surface area contributed by atoms with Crippen molar-refractivity contribution in [1.29, 1.82) is 0 Å². The number of sulfonamides is 1. The molecule has 0 aromatic heterocycles. The van der Waals surface area contributed by atoms with E-state index in [1.54, 1.807) is 30.3 Å². The Labute approximate surface area is 253 Å². The molecule has 2 atom stereocenters. The zero-order valence-corrected chi connectivity index (χ0v) is 26.1. The van der Waals surface area contributed by atoms with E-state index in [4.69, 9.17) is 23.2 Å². The number of aryl methyl sites for hydroxylation is 1. The summed E-state index contributed by atoms with van der Waals surface area (Å²) in [6, 6.07) is 20.3. The van der Waals surface area contributed by atoms with Gasteiger partial charge in [-0.2, -0.15) is 0 Å². The van der Waals surface area contributed by atoms with Crippen LogP contribution >= 0.6 is 23.2 Å². The number of benzene rings is 3. The van der Waals surface area contributed by atoms with Crippen LogP contribution in [0.5, 0.6) is 0 Å². The Morgan fingerprint density at radius 1 is 0.878 bits per heavy atom. The van der Waals surface area contributed by atoms with E-state index >= 15 is 0 Å². The zero-order chi connectivity index (χ0) is 30.2. The highest BCUT2D eigenvalue weighted by Crippen LogP contribution is 2.28. The molecule has 0 radical (unpaired) electrons. The Morgan fingerprint density at radius 3 is 2.02 bits per heavy atom. The van der Waals surface area contributed by atoms with Crippen molar-refractivity contribution in [3.05, 3.63) is 99.5 Å². The van der Waals surface area contributed by atoms with Crippen molar-refractivity contribution in [3.8, 4) is 0 Å². The molecule has 0 bridgehead atoms. The van der Waals surface area contributed by atoms with E-state index < -0.39 is 28.5 Å². The number of nitrogens with zero attached hydrogens (tertiary/aromatic N) is 2. The molecule has 0 aliphatic rings. The molecule has 7 nitrogen and oxygen atoms in total. The van der Waals surface area contributed by atoms with Gasteiger partial charge in [0.2, 0.25) is 21.8 Å². The molecule has 0 aliphatic carbocycles. The van der Waals surface area contributed by atoms with Gasteiger partial charge in [-0.1, -0.05) is 85.6 Å². The number of halogens is 2. The summed E-state index contributed by atoms with van der Waals surface area (Å²) in [7, 11) is -3.85. The maximum Gasteiger partial charge on any atom is 0.244 e. The van der Waals surface area contributed by atoms with E-state index in [-0.39, 0.29) is 24.9 Å². The number of carbonyl (C=O) groups is 2. The molecule has 0 spiro atoms. The third-order valence-electron chi connectivity index (χ3n) is 6.97. The smallest absolute Gasteiger partial charge is 0.244 e. The minimum Gasteiger partial charge on any atom is -0.352 e. The van der Waals surface area contributed by atoms with Gasteiger partial charge in [-0.05, 0) is 55.2 Å². The standard InChI is InChI=1S/C31H37Cl2N3O4S/c1-5-22(3)34-31(38)29(19-24-11-8-7-9-12-24)35(20-26-27(32)13-10-14-28(26)33)30(37)21-36(41(4,39)40)25-17-15-23(6-2)16-18-25/h7-18,22,29H,5-6,19-21H2,1-4H3,(H,34,38). The molecule has 0 saturated carbocycles. The molecule has 0 heterocycles. The number of nitrogens with one attached hydrogen (secondary N) is 1. The Bertz CT molecular complexity index is 1410. The topological polar surface area (TPSA) is 86.8 Å². The van der Waals surface area contributed by atoms with Crippen LogP contribution in [0.25, 0.3) is 0 Å². The van der Waals surface area contributed by atoms with E-state index in [1.807, 2.05) is 63.2 Å². The number of amides is 2. The molecule has 0 saturated heterocycles. The number of hydrogen-bond acceptors (Lipinski definition) is 4. The number of carbonyl (C=O) groups excluding carboxylic acids is 2. The van der Waals surface area contributed by atoms with Gasteiger partial charge in [0.15, 0.2) is 0 Å². The SMILES string of the molecule is CCc1ccc(N(CC(=O)N(Cc2c(Cl)cccc2Cl)C(Cc2ccccc2)C(=O)NC(C)CC)S(C)(=O)=O)cc1. The van der Waals surface area contributed by atoms with Crippen LogP contribution in [0.15, 0.2) is 72.8 Å². The highest BCUT2D eigenvalue weighted by Gasteiger charge is 2.34. The van der Waals surface area contributed by atoms with Crippen molar-refractivity contribution >= 4 is 50.7 Å². The minimum atomic E-state index is -3.85. The molecule has 220 valence electrons. The fourth-order valence-electron chi connectivity index (χ4n) is 4.36. The van der Waals surface area contributed by atoms with Crippen LogP contribution in [0.3, 0.4) is 0 Å². The summed E-state index contributed by atoms with van der Waals surface area (Å²) in [4.78, 5) is 29.3. The average Bonchev–Trinajstić information content (AvgIpc) is 2.94. The van der Waals surface area contributed by atoms with Gasteiger partial charge in [-0.25, -0.2) is 8.42 Å². The monoisotopic (exact) mass is 617 g/mol. The summed E-state index contributed by atoms with van der Waals surface area (Å²) >= 11 is 13.0. The first-order valence-corrected chi connectivity index (χ1v) is 16.2. The molecule has 10 heteroatoms. The van der Waals surface area contributed by atoms with E-state index in [9.17, 15) is 18.0 Å². The zero-order valence-electron chi connectivity index (χ0n) is 23.8. The van der Waals surface area contributed by atoms with Gasteiger partial charge in [-0.15, -0.1) is 0 Å². The van der Waals surface area contributed by atoms with E-state index in [2.05, 4.69) is 5.32 Å². The highest BCUT2D eigenvalue weighted by molar-refractivity contribution is 7.92. The normalized spacial score (nSPS) is 12.8. The van der Waals surface area contributed by atoms with Crippen LogP contribution in [0.4, 0.5) is 5.69 Å². The number of rotatable bonds is 13. The van der Waals surface area contributed by atoms with Gasteiger partial charge in [0.05, 0.1) is 11.9 Å². The Kier molecular flexibility index (Phi) is 11.6. The first kappa shape index (κ1) is 32.4. The minimum absolute atomic E-state index is 0.0882. The second-order valence-corrected chi connectivity index (χ2v) is 12.8. The third-order valence-corrected chi connectivity index (χ3v) is 8.82. The van der Waals surface area contributed by atoms with Crippen molar-refractivity contribution in [2.75, 3.05) is 17.1 Å². The first-order chi connectivity index (χ1) is 19.4. The molecule has 1 N–H and O–H groups in total. The molecule has 2 amide bonds. The maximum absolute atomic E-state index is 14.2.